The lowest BCUT2D eigenvalue weighted by Crippen LogP contribution is -2.30. The van der Waals surface area contributed by atoms with Crippen molar-refractivity contribution >= 4 is 23.2 Å². The van der Waals surface area contributed by atoms with E-state index in [0.29, 0.717) is 10.7 Å². The third-order valence-electron chi connectivity index (χ3n) is 3.31. The molecule has 1 aromatic heterocycles. The molecule has 3 aromatic rings. The smallest absolute Gasteiger partial charge is 0.271 e. The lowest BCUT2D eigenvalue weighted by atomic mass is 10.0. The molecule has 0 saturated heterocycles. The average Bonchev–Trinajstić information content (AvgIpc) is 2.55. The molecule has 0 bridgehead atoms. The molecule has 1 N–H and O–H groups in total. The summed E-state index contributed by atoms with van der Waals surface area (Å²) in [6.07, 6.45) is 1.05. The van der Waals surface area contributed by atoms with Crippen LogP contribution in [-0.4, -0.2) is 14.8 Å². The molecule has 0 amide bonds. The van der Waals surface area contributed by atoms with Gasteiger partial charge in [-0.1, -0.05) is 35.9 Å². The molecule has 3 rings (SSSR count). The number of benzene rings is 2. The number of aromatic amines is 1. The minimum absolute atomic E-state index is 0.332. The van der Waals surface area contributed by atoms with Crippen molar-refractivity contribution in [2.75, 3.05) is 0 Å². The molecular weight excluding hydrogens is 337 g/mol. The van der Waals surface area contributed by atoms with Crippen molar-refractivity contribution in [2.24, 2.45) is 0 Å². The van der Waals surface area contributed by atoms with E-state index >= 15 is 0 Å². The van der Waals surface area contributed by atoms with Gasteiger partial charge in [-0.25, -0.2) is 4.79 Å². The van der Waals surface area contributed by atoms with Crippen LogP contribution in [0.2, 0.25) is 5.02 Å². The standard InChI is InChI=1S/C16H11Cl2N3O2/c17-12-5-1-10(2-6-12)15(18)11-3-7-13(8-4-11)21-16(23)20-14(22)9-19-21/h1-9,15H,(H,20,22,23). The Hall–Kier alpha value is -2.37. The van der Waals surface area contributed by atoms with Crippen molar-refractivity contribution in [2.45, 2.75) is 5.38 Å². The van der Waals surface area contributed by atoms with Gasteiger partial charge in [-0.05, 0) is 35.4 Å². The van der Waals surface area contributed by atoms with Crippen LogP contribution in [0, 0.1) is 0 Å². The van der Waals surface area contributed by atoms with E-state index in [2.05, 4.69) is 10.1 Å². The lowest BCUT2D eigenvalue weighted by molar-refractivity contribution is 0.749. The molecule has 116 valence electrons. The van der Waals surface area contributed by atoms with Gasteiger partial charge < -0.3 is 0 Å². The number of nitrogens with zero attached hydrogens (tertiary/aromatic N) is 2. The van der Waals surface area contributed by atoms with Crippen LogP contribution >= 0.6 is 23.2 Å². The third kappa shape index (κ3) is 3.36. The first-order valence-electron chi connectivity index (χ1n) is 6.73. The maximum Gasteiger partial charge on any atom is 0.349 e. The summed E-state index contributed by atoms with van der Waals surface area (Å²) >= 11 is 12.3. The quantitative estimate of drug-likeness (QED) is 0.740. The van der Waals surface area contributed by atoms with E-state index in [1.807, 2.05) is 12.1 Å². The maximum atomic E-state index is 11.7. The highest BCUT2D eigenvalue weighted by Crippen LogP contribution is 2.29. The molecule has 5 nitrogen and oxygen atoms in total. The minimum Gasteiger partial charge on any atom is -0.271 e. The second kappa shape index (κ2) is 6.40. The van der Waals surface area contributed by atoms with Crippen LogP contribution in [0.25, 0.3) is 5.69 Å². The molecule has 23 heavy (non-hydrogen) atoms. The second-order valence-corrected chi connectivity index (χ2v) is 5.73. The van der Waals surface area contributed by atoms with Crippen molar-refractivity contribution in [1.82, 2.24) is 14.8 Å². The van der Waals surface area contributed by atoms with E-state index in [1.165, 1.54) is 0 Å². The van der Waals surface area contributed by atoms with Gasteiger partial charge in [-0.2, -0.15) is 9.78 Å². The molecule has 1 heterocycles. The molecule has 7 heteroatoms. The van der Waals surface area contributed by atoms with Crippen LogP contribution in [0.3, 0.4) is 0 Å². The van der Waals surface area contributed by atoms with Gasteiger partial charge in [0.25, 0.3) is 5.56 Å². The zero-order valence-corrected chi connectivity index (χ0v) is 13.3. The van der Waals surface area contributed by atoms with E-state index in [-0.39, 0.29) is 5.38 Å². The van der Waals surface area contributed by atoms with Crippen LogP contribution in [0.5, 0.6) is 0 Å². The summed E-state index contributed by atoms with van der Waals surface area (Å²) in [4.78, 5) is 24.9. The average molecular weight is 348 g/mol. The predicted molar refractivity (Wildman–Crippen MR) is 89.6 cm³/mol. The van der Waals surface area contributed by atoms with Gasteiger partial charge >= 0.3 is 5.69 Å². The molecular formula is C16H11Cl2N3O2. The Balaban J connectivity index is 1.91. The number of H-pyrrole nitrogens is 1. The van der Waals surface area contributed by atoms with Crippen LogP contribution < -0.4 is 11.2 Å². The van der Waals surface area contributed by atoms with Crippen LogP contribution in [-0.2, 0) is 0 Å². The number of halogens is 2. The summed E-state index contributed by atoms with van der Waals surface area (Å²) in [5.41, 5.74) is 1.20. The molecule has 1 unspecified atom stereocenters. The summed E-state index contributed by atoms with van der Waals surface area (Å²) in [5.74, 6) is 0. The zero-order chi connectivity index (χ0) is 16.4. The van der Waals surface area contributed by atoms with Gasteiger partial charge in [-0.3, -0.25) is 9.78 Å². The van der Waals surface area contributed by atoms with Gasteiger partial charge in [0.1, 0.15) is 6.20 Å². The predicted octanol–water partition coefficient (Wildman–Crippen LogP) is 2.90. The van der Waals surface area contributed by atoms with Crippen LogP contribution in [0.1, 0.15) is 16.5 Å². The molecule has 0 spiro atoms. The highest BCUT2D eigenvalue weighted by molar-refractivity contribution is 6.30. The van der Waals surface area contributed by atoms with Gasteiger partial charge in [0.05, 0.1) is 11.1 Å². The fourth-order valence-corrected chi connectivity index (χ4v) is 2.56. The van der Waals surface area contributed by atoms with Gasteiger partial charge in [0.2, 0.25) is 0 Å². The van der Waals surface area contributed by atoms with Crippen molar-refractivity contribution in [3.63, 3.8) is 0 Å². The Bertz CT molecular complexity index is 931. The van der Waals surface area contributed by atoms with Crippen LogP contribution in [0.4, 0.5) is 0 Å². The van der Waals surface area contributed by atoms with Crippen molar-refractivity contribution < 1.29 is 0 Å². The summed E-state index contributed by atoms with van der Waals surface area (Å²) in [6, 6.07) is 14.3. The summed E-state index contributed by atoms with van der Waals surface area (Å²) in [6.45, 7) is 0. The normalized spacial score (nSPS) is 12.1. The number of aromatic nitrogens is 3. The molecule has 0 aliphatic heterocycles. The first-order valence-corrected chi connectivity index (χ1v) is 7.54. The van der Waals surface area contributed by atoms with E-state index in [0.717, 1.165) is 22.0 Å². The Labute approximate surface area is 141 Å². The van der Waals surface area contributed by atoms with Crippen molar-refractivity contribution in [1.29, 1.82) is 0 Å². The maximum absolute atomic E-state index is 11.7. The molecule has 0 radical (unpaired) electrons. The van der Waals surface area contributed by atoms with E-state index in [9.17, 15) is 9.59 Å². The Kier molecular flexibility index (Phi) is 4.32. The minimum atomic E-state index is -0.592. The SMILES string of the molecule is O=c1cnn(-c2ccc(C(Cl)c3ccc(Cl)cc3)cc2)c(=O)[nH]1. The highest BCUT2D eigenvalue weighted by atomic mass is 35.5. The first-order chi connectivity index (χ1) is 11.0. The molecule has 2 aromatic carbocycles. The first kappa shape index (κ1) is 15.5. The van der Waals surface area contributed by atoms with Crippen molar-refractivity contribution in [3.8, 4) is 5.69 Å². The fraction of sp³-hybridized carbons (Fsp3) is 0.0625. The van der Waals surface area contributed by atoms with Gasteiger partial charge in [0.15, 0.2) is 0 Å². The van der Waals surface area contributed by atoms with E-state index in [4.69, 9.17) is 23.2 Å². The lowest BCUT2D eigenvalue weighted by Gasteiger charge is -2.11. The number of alkyl halides is 1. The number of hydrogen-bond donors (Lipinski definition) is 1. The largest absolute Gasteiger partial charge is 0.349 e. The van der Waals surface area contributed by atoms with E-state index in [1.54, 1.807) is 36.4 Å². The Morgan fingerprint density at radius 2 is 1.52 bits per heavy atom. The molecule has 0 fully saturated rings. The number of nitrogens with one attached hydrogen (secondary N) is 1. The number of hydrogen-bond acceptors (Lipinski definition) is 3. The fourth-order valence-electron chi connectivity index (χ4n) is 2.15. The Morgan fingerprint density at radius 3 is 2.09 bits per heavy atom. The van der Waals surface area contributed by atoms with Gasteiger partial charge in [-0.15, -0.1) is 11.6 Å². The summed E-state index contributed by atoms with van der Waals surface area (Å²) < 4.78 is 1.11. The number of rotatable bonds is 3. The van der Waals surface area contributed by atoms with E-state index < -0.39 is 11.2 Å². The molecule has 0 aliphatic carbocycles. The molecule has 1 atom stereocenters. The van der Waals surface area contributed by atoms with Crippen molar-refractivity contribution in [3.05, 3.63) is 91.7 Å². The third-order valence-corrected chi connectivity index (χ3v) is 4.06. The molecule has 0 aliphatic rings. The van der Waals surface area contributed by atoms with Crippen LogP contribution in [0.15, 0.2) is 64.3 Å². The Morgan fingerprint density at radius 1 is 0.957 bits per heavy atom. The monoisotopic (exact) mass is 347 g/mol. The van der Waals surface area contributed by atoms with Gasteiger partial charge in [0, 0.05) is 5.02 Å². The molecule has 0 saturated carbocycles. The summed E-state index contributed by atoms with van der Waals surface area (Å²) in [5, 5.41) is 4.12. The topological polar surface area (TPSA) is 67.8 Å². The highest BCUT2D eigenvalue weighted by Gasteiger charge is 2.11. The summed E-state index contributed by atoms with van der Waals surface area (Å²) in [7, 11) is 0. The second-order valence-electron chi connectivity index (χ2n) is 4.86. The zero-order valence-electron chi connectivity index (χ0n) is 11.7.